The molecule has 0 bridgehead atoms. The van der Waals surface area contributed by atoms with Crippen LogP contribution in [0.4, 0.5) is 0 Å². The molecule has 3 aromatic carbocycles. The van der Waals surface area contributed by atoms with E-state index in [4.69, 9.17) is 9.47 Å². The number of para-hydroxylation sites is 2. The lowest BCUT2D eigenvalue weighted by molar-refractivity contribution is 0.287. The Kier molecular flexibility index (Phi) is 6.08. The van der Waals surface area contributed by atoms with E-state index < -0.39 is 0 Å². The summed E-state index contributed by atoms with van der Waals surface area (Å²) in [5.41, 5.74) is 2.23. The van der Waals surface area contributed by atoms with Crippen LogP contribution in [-0.2, 0) is 6.61 Å². The van der Waals surface area contributed by atoms with Crippen molar-refractivity contribution in [2.75, 3.05) is 6.61 Å². The Morgan fingerprint density at radius 2 is 1.71 bits per heavy atom. The molecule has 0 unspecified atom stereocenters. The summed E-state index contributed by atoms with van der Waals surface area (Å²) in [7, 11) is 0. The van der Waals surface area contributed by atoms with Crippen molar-refractivity contribution >= 4 is 17.1 Å². The molecule has 156 valence electrons. The molecular weight excluding hydrogens is 390 g/mol. The topological polar surface area (TPSA) is 65.7 Å². The lowest BCUT2D eigenvalue weighted by Crippen LogP contribution is -2.23. The minimum absolute atomic E-state index is 0.117. The largest absolute Gasteiger partial charge is 0.494 e. The summed E-state index contributed by atoms with van der Waals surface area (Å²) in [4.78, 5) is 17.8. The molecule has 1 heterocycles. The van der Waals surface area contributed by atoms with Gasteiger partial charge in [0, 0.05) is 0 Å². The first-order valence-electron chi connectivity index (χ1n) is 10.1. The second kappa shape index (κ2) is 9.26. The van der Waals surface area contributed by atoms with E-state index in [0.29, 0.717) is 23.3 Å². The van der Waals surface area contributed by atoms with Crippen LogP contribution in [0.25, 0.3) is 10.9 Å². The fraction of sp³-hybridized carbons (Fsp3) is 0.160. The monoisotopic (exact) mass is 413 g/mol. The molecule has 1 aromatic heterocycles. The average Bonchev–Trinajstić information content (AvgIpc) is 2.79. The molecule has 6 heteroatoms. The van der Waals surface area contributed by atoms with Crippen molar-refractivity contribution in [1.29, 1.82) is 0 Å². The highest BCUT2D eigenvalue weighted by Crippen LogP contribution is 2.18. The summed E-state index contributed by atoms with van der Waals surface area (Å²) >= 11 is 0. The van der Waals surface area contributed by atoms with Gasteiger partial charge >= 0.3 is 0 Å². The highest BCUT2D eigenvalue weighted by atomic mass is 16.5. The highest BCUT2D eigenvalue weighted by Gasteiger charge is 2.11. The molecule has 0 saturated carbocycles. The number of aromatic nitrogens is 2. The molecule has 0 aliphatic carbocycles. The molecule has 0 aliphatic heterocycles. The van der Waals surface area contributed by atoms with Gasteiger partial charge in [0.15, 0.2) is 5.82 Å². The van der Waals surface area contributed by atoms with Crippen molar-refractivity contribution in [2.24, 2.45) is 5.10 Å². The lowest BCUT2D eigenvalue weighted by Gasteiger charge is -2.12. The van der Waals surface area contributed by atoms with Crippen molar-refractivity contribution in [3.05, 3.63) is 100 Å². The second-order valence-electron chi connectivity index (χ2n) is 6.96. The summed E-state index contributed by atoms with van der Waals surface area (Å²) in [6, 6.07) is 22.5. The fourth-order valence-electron chi connectivity index (χ4n) is 3.18. The van der Waals surface area contributed by atoms with E-state index in [1.807, 2.05) is 80.6 Å². The molecule has 0 fully saturated rings. The summed E-state index contributed by atoms with van der Waals surface area (Å²) < 4.78 is 12.7. The lowest BCUT2D eigenvalue weighted by atomic mass is 10.2. The molecule has 0 N–H and O–H groups in total. The Hall–Kier alpha value is -3.93. The van der Waals surface area contributed by atoms with Crippen molar-refractivity contribution in [1.82, 2.24) is 9.66 Å². The smallest absolute Gasteiger partial charge is 0.282 e. The Morgan fingerprint density at radius 3 is 2.48 bits per heavy atom. The predicted octanol–water partition coefficient (Wildman–Crippen LogP) is 4.56. The van der Waals surface area contributed by atoms with Gasteiger partial charge in [-0.15, -0.1) is 0 Å². The van der Waals surface area contributed by atoms with E-state index in [0.717, 1.165) is 22.6 Å². The highest BCUT2D eigenvalue weighted by molar-refractivity contribution is 5.80. The average molecular weight is 413 g/mol. The molecule has 0 radical (unpaired) electrons. The van der Waals surface area contributed by atoms with Crippen LogP contribution in [0.5, 0.6) is 11.5 Å². The number of hydrogen-bond donors (Lipinski definition) is 0. The van der Waals surface area contributed by atoms with Crippen LogP contribution in [0, 0.1) is 6.92 Å². The third-order valence-electron chi connectivity index (χ3n) is 4.78. The standard InChI is InChI=1S/C25H23N3O3/c1-3-30-20-14-12-19(13-15-20)16-26-28-24(17-31-23-11-7-4-8-18(23)2)27-22-10-6-5-9-21(22)25(28)29/h4-16H,3,17H2,1-2H3/b26-16+. The number of rotatable bonds is 7. The number of hydrogen-bond acceptors (Lipinski definition) is 5. The van der Waals surface area contributed by atoms with Crippen LogP contribution in [0.2, 0.25) is 0 Å². The normalized spacial score (nSPS) is 11.2. The molecule has 0 amide bonds. The van der Waals surface area contributed by atoms with Gasteiger partial charge in [-0.1, -0.05) is 30.3 Å². The minimum atomic E-state index is -0.240. The molecular formula is C25H23N3O3. The van der Waals surface area contributed by atoms with Gasteiger partial charge in [-0.3, -0.25) is 4.79 Å². The molecule has 4 rings (SSSR count). The van der Waals surface area contributed by atoms with Gasteiger partial charge in [0.25, 0.3) is 5.56 Å². The van der Waals surface area contributed by atoms with E-state index in [-0.39, 0.29) is 12.2 Å². The zero-order valence-corrected chi connectivity index (χ0v) is 17.5. The zero-order chi connectivity index (χ0) is 21.6. The first-order valence-corrected chi connectivity index (χ1v) is 10.1. The molecule has 31 heavy (non-hydrogen) atoms. The maximum atomic E-state index is 13.1. The van der Waals surface area contributed by atoms with Crippen LogP contribution in [0.3, 0.4) is 0 Å². The van der Waals surface area contributed by atoms with Gasteiger partial charge in [-0.2, -0.15) is 9.78 Å². The number of fused-ring (bicyclic) bond motifs is 1. The number of aryl methyl sites for hydroxylation is 1. The Bertz CT molecular complexity index is 1280. The molecule has 0 saturated heterocycles. The second-order valence-corrected chi connectivity index (χ2v) is 6.96. The van der Waals surface area contributed by atoms with Gasteiger partial charge in [0.1, 0.15) is 18.1 Å². The van der Waals surface area contributed by atoms with Crippen molar-refractivity contribution in [3.8, 4) is 11.5 Å². The van der Waals surface area contributed by atoms with Crippen LogP contribution < -0.4 is 15.0 Å². The predicted molar refractivity (Wildman–Crippen MR) is 122 cm³/mol. The SMILES string of the molecule is CCOc1ccc(/C=N/n2c(COc3ccccc3C)nc3ccccc3c2=O)cc1. The minimum Gasteiger partial charge on any atom is -0.494 e. The molecule has 0 atom stereocenters. The molecule has 6 nitrogen and oxygen atoms in total. The van der Waals surface area contributed by atoms with Gasteiger partial charge in [0.2, 0.25) is 0 Å². The zero-order valence-electron chi connectivity index (χ0n) is 17.5. The number of ether oxygens (including phenoxy) is 2. The van der Waals surface area contributed by atoms with Crippen LogP contribution >= 0.6 is 0 Å². The Morgan fingerprint density at radius 1 is 0.968 bits per heavy atom. The maximum absolute atomic E-state index is 13.1. The van der Waals surface area contributed by atoms with E-state index in [1.54, 1.807) is 12.3 Å². The first kappa shape index (κ1) is 20.3. The van der Waals surface area contributed by atoms with Crippen LogP contribution in [0.15, 0.2) is 82.7 Å². The Balaban J connectivity index is 1.69. The Labute approximate surface area is 180 Å². The maximum Gasteiger partial charge on any atom is 0.282 e. The van der Waals surface area contributed by atoms with Crippen LogP contribution in [-0.4, -0.2) is 22.5 Å². The van der Waals surface area contributed by atoms with Crippen LogP contribution in [0.1, 0.15) is 23.9 Å². The van der Waals surface area contributed by atoms with Gasteiger partial charge in [0.05, 0.1) is 23.7 Å². The van der Waals surface area contributed by atoms with Crippen molar-refractivity contribution in [2.45, 2.75) is 20.5 Å². The summed E-state index contributed by atoms with van der Waals surface area (Å²) in [5.74, 6) is 1.96. The third-order valence-corrected chi connectivity index (χ3v) is 4.78. The summed E-state index contributed by atoms with van der Waals surface area (Å²) in [6.45, 7) is 4.64. The molecule has 0 spiro atoms. The molecule has 0 aliphatic rings. The van der Waals surface area contributed by atoms with E-state index in [2.05, 4.69) is 10.1 Å². The third kappa shape index (κ3) is 4.64. The van der Waals surface area contributed by atoms with E-state index in [1.165, 1.54) is 4.68 Å². The summed E-state index contributed by atoms with van der Waals surface area (Å²) in [5, 5.41) is 4.94. The molecule has 4 aromatic rings. The number of nitrogens with zero attached hydrogens (tertiary/aromatic N) is 3. The quantitative estimate of drug-likeness (QED) is 0.417. The summed E-state index contributed by atoms with van der Waals surface area (Å²) in [6.07, 6.45) is 1.63. The van der Waals surface area contributed by atoms with Gasteiger partial charge in [-0.05, 0) is 67.4 Å². The van der Waals surface area contributed by atoms with Gasteiger partial charge < -0.3 is 9.47 Å². The van der Waals surface area contributed by atoms with E-state index in [9.17, 15) is 4.79 Å². The first-order chi connectivity index (χ1) is 15.2. The van der Waals surface area contributed by atoms with Gasteiger partial charge in [-0.25, -0.2) is 4.98 Å². The number of benzene rings is 3. The fourth-order valence-corrected chi connectivity index (χ4v) is 3.18. The van der Waals surface area contributed by atoms with E-state index >= 15 is 0 Å². The van der Waals surface area contributed by atoms with Crippen molar-refractivity contribution in [3.63, 3.8) is 0 Å². The van der Waals surface area contributed by atoms with Crippen molar-refractivity contribution < 1.29 is 9.47 Å².